The Balaban J connectivity index is 1.62. The van der Waals surface area contributed by atoms with Gasteiger partial charge in [-0.25, -0.2) is 4.98 Å². The number of aromatic nitrogens is 2. The van der Waals surface area contributed by atoms with Crippen molar-refractivity contribution in [1.29, 1.82) is 0 Å². The van der Waals surface area contributed by atoms with Crippen LogP contribution in [0.2, 0.25) is 0 Å². The number of pyridine rings is 1. The third kappa shape index (κ3) is 4.44. The molecule has 0 bridgehead atoms. The molecule has 0 atom stereocenters. The van der Waals surface area contributed by atoms with Crippen LogP contribution < -0.4 is 4.74 Å². The van der Waals surface area contributed by atoms with E-state index in [1.807, 2.05) is 37.3 Å². The molecule has 2 heterocycles. The van der Waals surface area contributed by atoms with Gasteiger partial charge in [-0.1, -0.05) is 18.2 Å². The van der Waals surface area contributed by atoms with Crippen molar-refractivity contribution < 1.29 is 19.1 Å². The number of benzene rings is 1. The van der Waals surface area contributed by atoms with Crippen molar-refractivity contribution in [2.45, 2.75) is 26.4 Å². The van der Waals surface area contributed by atoms with Crippen molar-refractivity contribution in [3.8, 4) is 17.2 Å². The van der Waals surface area contributed by atoms with Gasteiger partial charge in [0.25, 0.3) is 0 Å². The Labute approximate surface area is 145 Å². The summed E-state index contributed by atoms with van der Waals surface area (Å²) in [5.74, 6) is 1.05. The van der Waals surface area contributed by atoms with Crippen LogP contribution in [0.5, 0.6) is 5.75 Å². The summed E-state index contributed by atoms with van der Waals surface area (Å²) in [7, 11) is 0. The Morgan fingerprint density at radius 3 is 2.68 bits per heavy atom. The van der Waals surface area contributed by atoms with E-state index in [1.165, 1.54) is 0 Å². The van der Waals surface area contributed by atoms with Gasteiger partial charge in [-0.05, 0) is 31.2 Å². The summed E-state index contributed by atoms with van der Waals surface area (Å²) in [6, 6.07) is 13.2. The van der Waals surface area contributed by atoms with Gasteiger partial charge in [0.05, 0.1) is 12.6 Å². The first-order chi connectivity index (χ1) is 12.1. The van der Waals surface area contributed by atoms with E-state index in [1.54, 1.807) is 18.3 Å². The molecule has 0 amide bonds. The predicted octanol–water partition coefficient (Wildman–Crippen LogP) is 3.64. The lowest BCUT2D eigenvalue weighted by molar-refractivity contribution is -0.136. The summed E-state index contributed by atoms with van der Waals surface area (Å²) in [5.41, 5.74) is 2.37. The van der Waals surface area contributed by atoms with Crippen molar-refractivity contribution in [3.63, 3.8) is 0 Å². The number of carbonyl (C=O) groups is 1. The molecule has 6 heteroatoms. The van der Waals surface area contributed by atoms with Gasteiger partial charge in [-0.15, -0.1) is 0 Å². The summed E-state index contributed by atoms with van der Waals surface area (Å²) in [6.07, 6.45) is 2.05. The molecular formula is C19H18N2O4. The number of aliphatic carboxylic acids is 1. The van der Waals surface area contributed by atoms with Crippen LogP contribution in [0.4, 0.5) is 0 Å². The second-order valence-electron chi connectivity index (χ2n) is 5.56. The van der Waals surface area contributed by atoms with Gasteiger partial charge in [0, 0.05) is 17.7 Å². The van der Waals surface area contributed by atoms with Gasteiger partial charge < -0.3 is 14.3 Å². The van der Waals surface area contributed by atoms with Crippen LogP contribution in [0.1, 0.15) is 23.6 Å². The molecule has 0 fully saturated rings. The number of oxazole rings is 1. The molecule has 6 nitrogen and oxygen atoms in total. The highest BCUT2D eigenvalue weighted by Crippen LogP contribution is 2.22. The summed E-state index contributed by atoms with van der Waals surface area (Å²) in [5, 5.41) is 8.68. The Morgan fingerprint density at radius 2 is 2.00 bits per heavy atom. The summed E-state index contributed by atoms with van der Waals surface area (Å²) in [4.78, 5) is 19.3. The maximum absolute atomic E-state index is 10.6. The fraction of sp³-hybridized carbons (Fsp3) is 0.211. The SMILES string of the molecule is Cc1oc(-c2ccccc2)nc1COc1ccc(CCC(=O)O)nc1. The molecule has 25 heavy (non-hydrogen) atoms. The molecule has 0 saturated heterocycles. The first-order valence-electron chi connectivity index (χ1n) is 7.93. The molecule has 0 aliphatic rings. The van der Waals surface area contributed by atoms with Crippen LogP contribution >= 0.6 is 0 Å². The number of rotatable bonds is 7. The number of ether oxygens (including phenoxy) is 1. The highest BCUT2D eigenvalue weighted by molar-refractivity contribution is 5.66. The minimum atomic E-state index is -0.835. The second-order valence-corrected chi connectivity index (χ2v) is 5.56. The van der Waals surface area contributed by atoms with Crippen LogP contribution in [0, 0.1) is 6.92 Å². The average molecular weight is 338 g/mol. The number of carboxylic acid groups (broad SMARTS) is 1. The van der Waals surface area contributed by atoms with Gasteiger partial charge in [-0.2, -0.15) is 0 Å². The van der Waals surface area contributed by atoms with Gasteiger partial charge in [0.2, 0.25) is 5.89 Å². The van der Waals surface area contributed by atoms with E-state index in [4.69, 9.17) is 14.3 Å². The smallest absolute Gasteiger partial charge is 0.303 e. The van der Waals surface area contributed by atoms with E-state index < -0.39 is 5.97 Å². The lowest BCUT2D eigenvalue weighted by Gasteiger charge is -2.05. The number of hydrogen-bond donors (Lipinski definition) is 1. The van der Waals surface area contributed by atoms with Crippen LogP contribution in [-0.2, 0) is 17.8 Å². The maximum atomic E-state index is 10.6. The summed E-state index contributed by atoms with van der Waals surface area (Å²) >= 11 is 0. The fourth-order valence-corrected chi connectivity index (χ4v) is 2.30. The van der Waals surface area contributed by atoms with Gasteiger partial charge in [0.15, 0.2) is 0 Å². The molecule has 1 N–H and O–H groups in total. The van der Waals surface area contributed by atoms with Crippen molar-refractivity contribution in [2.24, 2.45) is 0 Å². The Hall–Kier alpha value is -3.15. The number of nitrogens with zero attached hydrogens (tertiary/aromatic N) is 2. The van der Waals surface area contributed by atoms with Crippen molar-refractivity contribution in [1.82, 2.24) is 9.97 Å². The van der Waals surface area contributed by atoms with Gasteiger partial charge in [0.1, 0.15) is 23.8 Å². The zero-order chi connectivity index (χ0) is 17.6. The predicted molar refractivity (Wildman–Crippen MR) is 91.2 cm³/mol. The zero-order valence-corrected chi connectivity index (χ0v) is 13.8. The van der Waals surface area contributed by atoms with E-state index in [9.17, 15) is 4.79 Å². The van der Waals surface area contributed by atoms with E-state index in [-0.39, 0.29) is 13.0 Å². The zero-order valence-electron chi connectivity index (χ0n) is 13.8. The normalized spacial score (nSPS) is 10.6. The summed E-state index contributed by atoms with van der Waals surface area (Å²) < 4.78 is 11.4. The van der Waals surface area contributed by atoms with Crippen LogP contribution in [-0.4, -0.2) is 21.0 Å². The van der Waals surface area contributed by atoms with Crippen molar-refractivity contribution in [3.05, 3.63) is 65.8 Å². The highest BCUT2D eigenvalue weighted by atomic mass is 16.5. The maximum Gasteiger partial charge on any atom is 0.303 e. The van der Waals surface area contributed by atoms with Gasteiger partial charge in [-0.3, -0.25) is 9.78 Å². The molecule has 0 unspecified atom stereocenters. The number of hydrogen-bond acceptors (Lipinski definition) is 5. The molecule has 2 aromatic heterocycles. The molecule has 128 valence electrons. The molecule has 3 rings (SSSR count). The Kier molecular flexibility index (Phi) is 5.09. The largest absolute Gasteiger partial charge is 0.486 e. The molecule has 0 aliphatic heterocycles. The lowest BCUT2D eigenvalue weighted by atomic mass is 10.2. The Morgan fingerprint density at radius 1 is 1.20 bits per heavy atom. The molecule has 3 aromatic rings. The first-order valence-corrected chi connectivity index (χ1v) is 7.93. The molecule has 0 spiro atoms. The first kappa shape index (κ1) is 16.7. The third-order valence-electron chi connectivity index (χ3n) is 3.68. The van der Waals surface area contributed by atoms with Crippen LogP contribution in [0.3, 0.4) is 0 Å². The van der Waals surface area contributed by atoms with E-state index in [0.29, 0.717) is 23.8 Å². The minimum absolute atomic E-state index is 0.0631. The Bertz CT molecular complexity index is 842. The topological polar surface area (TPSA) is 85.5 Å². The fourth-order valence-electron chi connectivity index (χ4n) is 2.30. The second kappa shape index (κ2) is 7.61. The lowest BCUT2D eigenvalue weighted by Crippen LogP contribution is -2.01. The molecule has 0 aliphatic carbocycles. The van der Waals surface area contributed by atoms with E-state index in [0.717, 1.165) is 17.0 Å². The molecule has 0 saturated carbocycles. The van der Waals surface area contributed by atoms with Crippen LogP contribution in [0.25, 0.3) is 11.5 Å². The van der Waals surface area contributed by atoms with E-state index >= 15 is 0 Å². The third-order valence-corrected chi connectivity index (χ3v) is 3.68. The molecule has 0 radical (unpaired) electrons. The highest BCUT2D eigenvalue weighted by Gasteiger charge is 2.12. The molecule has 1 aromatic carbocycles. The molecular weight excluding hydrogens is 320 g/mol. The van der Waals surface area contributed by atoms with Gasteiger partial charge >= 0.3 is 5.97 Å². The van der Waals surface area contributed by atoms with Crippen molar-refractivity contribution in [2.75, 3.05) is 0 Å². The van der Waals surface area contributed by atoms with Crippen LogP contribution in [0.15, 0.2) is 53.1 Å². The van der Waals surface area contributed by atoms with Crippen molar-refractivity contribution >= 4 is 5.97 Å². The van der Waals surface area contributed by atoms with E-state index in [2.05, 4.69) is 9.97 Å². The average Bonchev–Trinajstić information content (AvgIpc) is 3.00. The number of carboxylic acids is 1. The quantitative estimate of drug-likeness (QED) is 0.708. The summed E-state index contributed by atoms with van der Waals surface area (Å²) in [6.45, 7) is 2.13. The number of aryl methyl sites for hydroxylation is 2. The minimum Gasteiger partial charge on any atom is -0.486 e. The standard InChI is InChI=1S/C19H18N2O4/c1-13-17(21-19(25-13)14-5-3-2-4-6-14)12-24-16-9-7-15(20-11-16)8-10-18(22)23/h2-7,9,11H,8,10,12H2,1H3,(H,22,23). The monoisotopic (exact) mass is 338 g/mol.